The van der Waals surface area contributed by atoms with Gasteiger partial charge in [0, 0.05) is 0 Å². The molecule has 0 saturated heterocycles. The zero-order valence-electron chi connectivity index (χ0n) is 11.0. The van der Waals surface area contributed by atoms with Crippen molar-refractivity contribution in [1.82, 2.24) is 0 Å². The van der Waals surface area contributed by atoms with E-state index in [0.717, 1.165) is 12.8 Å². The fourth-order valence-corrected chi connectivity index (χ4v) is 3.33. The molecule has 2 heteroatoms. The highest BCUT2D eigenvalue weighted by Crippen LogP contribution is 2.47. The highest BCUT2D eigenvalue weighted by atomic mass is 16.5. The van der Waals surface area contributed by atoms with Crippen molar-refractivity contribution in [3.8, 4) is 0 Å². The summed E-state index contributed by atoms with van der Waals surface area (Å²) >= 11 is 0. The van der Waals surface area contributed by atoms with E-state index in [9.17, 15) is 4.79 Å². The summed E-state index contributed by atoms with van der Waals surface area (Å²) in [6.45, 7) is 12.8. The van der Waals surface area contributed by atoms with Gasteiger partial charge in [0.15, 0.2) is 0 Å². The topological polar surface area (TPSA) is 26.3 Å². The lowest BCUT2D eigenvalue weighted by molar-refractivity contribution is -0.156. The molecule has 2 nitrogen and oxygen atoms in total. The zero-order valence-corrected chi connectivity index (χ0v) is 11.0. The van der Waals surface area contributed by atoms with Gasteiger partial charge < -0.3 is 4.74 Å². The van der Waals surface area contributed by atoms with E-state index < -0.39 is 0 Å². The fourth-order valence-electron chi connectivity index (χ4n) is 3.33. The van der Waals surface area contributed by atoms with E-state index in [1.807, 2.05) is 13.0 Å². The fraction of sp³-hybridized carbons (Fsp3) is 0.786. The lowest BCUT2D eigenvalue weighted by Crippen LogP contribution is -2.43. The van der Waals surface area contributed by atoms with Gasteiger partial charge >= 0.3 is 5.97 Å². The Bertz CT molecular complexity index is 272. The van der Waals surface area contributed by atoms with Crippen LogP contribution in [0.25, 0.3) is 0 Å². The molecule has 0 bridgehead atoms. The van der Waals surface area contributed by atoms with Crippen LogP contribution in [0.2, 0.25) is 0 Å². The van der Waals surface area contributed by atoms with Gasteiger partial charge in [0.25, 0.3) is 0 Å². The van der Waals surface area contributed by atoms with Gasteiger partial charge in [0.2, 0.25) is 0 Å². The number of hydrogen-bond donors (Lipinski definition) is 0. The second-order valence-corrected chi connectivity index (χ2v) is 5.46. The van der Waals surface area contributed by atoms with Gasteiger partial charge in [-0.25, -0.2) is 0 Å². The number of carbonyl (C=O) groups is 1. The van der Waals surface area contributed by atoms with Crippen LogP contribution in [0.15, 0.2) is 12.7 Å². The molecule has 92 valence electrons. The Morgan fingerprint density at radius 1 is 1.56 bits per heavy atom. The Hall–Kier alpha value is -0.790. The van der Waals surface area contributed by atoms with Gasteiger partial charge in [-0.1, -0.05) is 26.8 Å². The first kappa shape index (κ1) is 13.3. The summed E-state index contributed by atoms with van der Waals surface area (Å²) in [5, 5.41) is 0. The molecule has 16 heavy (non-hydrogen) atoms. The predicted molar refractivity (Wildman–Crippen MR) is 66.0 cm³/mol. The van der Waals surface area contributed by atoms with E-state index >= 15 is 0 Å². The summed E-state index contributed by atoms with van der Waals surface area (Å²) in [4.78, 5) is 12.0. The molecule has 1 saturated carbocycles. The second-order valence-electron chi connectivity index (χ2n) is 5.46. The van der Waals surface area contributed by atoms with E-state index in [1.165, 1.54) is 0 Å². The molecule has 0 unspecified atom stereocenters. The van der Waals surface area contributed by atoms with Gasteiger partial charge in [-0.2, -0.15) is 0 Å². The van der Waals surface area contributed by atoms with Gasteiger partial charge in [0.05, 0.1) is 12.5 Å². The summed E-state index contributed by atoms with van der Waals surface area (Å²) in [5.74, 6) is 0.958. The van der Waals surface area contributed by atoms with Gasteiger partial charge in [0.1, 0.15) is 0 Å². The Balaban J connectivity index is 2.92. The lowest BCUT2D eigenvalue weighted by Gasteiger charge is -2.44. The van der Waals surface area contributed by atoms with Crippen LogP contribution in [-0.4, -0.2) is 12.6 Å². The summed E-state index contributed by atoms with van der Waals surface area (Å²) in [6.07, 6.45) is 4.08. The molecule has 0 N–H and O–H groups in total. The summed E-state index contributed by atoms with van der Waals surface area (Å²) in [5.41, 5.74) is -0.108. The van der Waals surface area contributed by atoms with E-state index in [4.69, 9.17) is 4.74 Å². The molecule has 4 atom stereocenters. The maximum atomic E-state index is 12.0. The van der Waals surface area contributed by atoms with Crippen LogP contribution in [0.3, 0.4) is 0 Å². The van der Waals surface area contributed by atoms with Crippen molar-refractivity contribution < 1.29 is 9.53 Å². The van der Waals surface area contributed by atoms with Crippen LogP contribution in [-0.2, 0) is 9.53 Å². The van der Waals surface area contributed by atoms with Crippen LogP contribution in [0.1, 0.15) is 40.5 Å². The molecule has 0 heterocycles. The van der Waals surface area contributed by atoms with Gasteiger partial charge in [-0.05, 0) is 37.0 Å². The molecule has 1 fully saturated rings. The molecule has 0 radical (unpaired) electrons. The average molecular weight is 224 g/mol. The third kappa shape index (κ3) is 2.47. The third-order valence-electron chi connectivity index (χ3n) is 3.85. The predicted octanol–water partition coefficient (Wildman–Crippen LogP) is 3.42. The Kier molecular flexibility index (Phi) is 4.17. The first-order valence-corrected chi connectivity index (χ1v) is 6.24. The van der Waals surface area contributed by atoms with Crippen LogP contribution in [0.4, 0.5) is 0 Å². The number of rotatable bonds is 3. The van der Waals surface area contributed by atoms with Crippen LogP contribution >= 0.6 is 0 Å². The smallest absolute Gasteiger partial charge is 0.310 e. The lowest BCUT2D eigenvalue weighted by atomic mass is 9.60. The molecular formula is C14H24O2. The maximum absolute atomic E-state index is 12.0. The van der Waals surface area contributed by atoms with Crippen molar-refractivity contribution >= 4 is 5.97 Å². The summed E-state index contributed by atoms with van der Waals surface area (Å²) < 4.78 is 5.20. The average Bonchev–Trinajstić information content (AvgIpc) is 2.16. The monoisotopic (exact) mass is 224 g/mol. The van der Waals surface area contributed by atoms with Crippen molar-refractivity contribution in [3.63, 3.8) is 0 Å². The number of esters is 1. The van der Waals surface area contributed by atoms with Crippen molar-refractivity contribution in [2.45, 2.75) is 40.5 Å². The standard InChI is InChI=1S/C14H24O2/c1-6-14(5)9-10(3)8-11(4)12(14)13(15)16-7-2/h6,10-12H,1,7-9H2,2-5H3/t10-,11+,12+,14-/m1/s1. The highest BCUT2D eigenvalue weighted by Gasteiger charge is 2.45. The molecular weight excluding hydrogens is 200 g/mol. The van der Waals surface area contributed by atoms with E-state index in [-0.39, 0.29) is 17.3 Å². The second kappa shape index (κ2) is 5.03. The first-order chi connectivity index (χ1) is 7.44. The summed E-state index contributed by atoms with van der Waals surface area (Å²) in [7, 11) is 0. The third-order valence-corrected chi connectivity index (χ3v) is 3.85. The maximum Gasteiger partial charge on any atom is 0.310 e. The molecule has 1 aliphatic carbocycles. The minimum absolute atomic E-state index is 0.0267. The molecule has 0 aromatic carbocycles. The quantitative estimate of drug-likeness (QED) is 0.542. The SMILES string of the molecule is C=C[C@]1(C)C[C@H](C)C[C@H](C)[C@H]1C(=O)OCC. The van der Waals surface area contributed by atoms with Crippen molar-refractivity contribution in [2.24, 2.45) is 23.2 Å². The van der Waals surface area contributed by atoms with Crippen LogP contribution < -0.4 is 0 Å². The Morgan fingerprint density at radius 3 is 2.69 bits per heavy atom. The van der Waals surface area contributed by atoms with Crippen molar-refractivity contribution in [2.75, 3.05) is 6.61 Å². The van der Waals surface area contributed by atoms with Crippen LogP contribution in [0, 0.1) is 23.2 Å². The first-order valence-electron chi connectivity index (χ1n) is 6.24. The number of carbonyl (C=O) groups excluding carboxylic acids is 1. The molecule has 0 aromatic heterocycles. The molecule has 0 aromatic rings. The van der Waals surface area contributed by atoms with Crippen LogP contribution in [0.5, 0.6) is 0 Å². The van der Waals surface area contributed by atoms with Crippen molar-refractivity contribution in [3.05, 3.63) is 12.7 Å². The number of hydrogen-bond acceptors (Lipinski definition) is 2. The molecule has 1 aliphatic rings. The normalized spacial score (nSPS) is 39.1. The van der Waals surface area contributed by atoms with Crippen molar-refractivity contribution in [1.29, 1.82) is 0 Å². The Morgan fingerprint density at radius 2 is 2.19 bits per heavy atom. The van der Waals surface area contributed by atoms with E-state index in [0.29, 0.717) is 18.4 Å². The summed E-state index contributed by atoms with van der Waals surface area (Å²) in [6, 6.07) is 0. The molecule has 0 amide bonds. The van der Waals surface area contributed by atoms with E-state index in [2.05, 4.69) is 27.4 Å². The molecule has 0 spiro atoms. The minimum atomic E-state index is -0.108. The number of ether oxygens (including phenoxy) is 1. The zero-order chi connectivity index (χ0) is 12.3. The molecule has 1 rings (SSSR count). The van der Waals surface area contributed by atoms with Gasteiger partial charge in [-0.15, -0.1) is 6.58 Å². The molecule has 0 aliphatic heterocycles. The van der Waals surface area contributed by atoms with E-state index in [1.54, 1.807) is 0 Å². The highest BCUT2D eigenvalue weighted by molar-refractivity contribution is 5.74. The van der Waals surface area contributed by atoms with Gasteiger partial charge in [-0.3, -0.25) is 4.79 Å². The Labute approximate surface area is 99.1 Å². The largest absolute Gasteiger partial charge is 0.466 e. The number of allylic oxidation sites excluding steroid dienone is 1. The minimum Gasteiger partial charge on any atom is -0.466 e.